The van der Waals surface area contributed by atoms with E-state index in [1.54, 1.807) is 25.7 Å². The van der Waals surface area contributed by atoms with Gasteiger partial charge in [-0.15, -0.1) is 0 Å². The lowest BCUT2D eigenvalue weighted by Gasteiger charge is -2.36. The highest BCUT2D eigenvalue weighted by Crippen LogP contribution is 2.37. The zero-order chi connectivity index (χ0) is 30.9. The average molecular weight is 596 g/mol. The van der Waals surface area contributed by atoms with Crippen LogP contribution in [0.25, 0.3) is 0 Å². The van der Waals surface area contributed by atoms with Crippen LogP contribution in [0.2, 0.25) is 0 Å². The first kappa shape index (κ1) is 33.3. The molecule has 0 spiro atoms. The molecule has 40 heavy (non-hydrogen) atoms. The number of ether oxygens (including phenoxy) is 3. The predicted molar refractivity (Wildman–Crippen MR) is 121 cm³/mol. The Morgan fingerprint density at radius 3 is 1.82 bits per heavy atom. The van der Waals surface area contributed by atoms with Gasteiger partial charge >= 0.3 is 30.6 Å². The summed E-state index contributed by atoms with van der Waals surface area (Å²) in [5.74, 6) is -1.13. The molecule has 228 valence electrons. The van der Waals surface area contributed by atoms with Gasteiger partial charge in [0.2, 0.25) is 0 Å². The molecule has 1 amide bonds. The van der Waals surface area contributed by atoms with Crippen molar-refractivity contribution < 1.29 is 63.3 Å². The summed E-state index contributed by atoms with van der Waals surface area (Å²) in [5, 5.41) is 0. The van der Waals surface area contributed by atoms with Crippen molar-refractivity contribution >= 4 is 12.1 Å². The Bertz CT molecular complexity index is 1040. The molecule has 1 heterocycles. The molecule has 1 aliphatic heterocycles. The van der Waals surface area contributed by atoms with Gasteiger partial charge in [0.15, 0.2) is 5.60 Å². The second-order valence-electron chi connectivity index (χ2n) is 10.5. The number of esters is 1. The number of hydrogen-bond donors (Lipinski definition) is 0. The van der Waals surface area contributed by atoms with Gasteiger partial charge in [-0.2, -0.15) is 39.5 Å². The fourth-order valence-corrected chi connectivity index (χ4v) is 3.50. The summed E-state index contributed by atoms with van der Waals surface area (Å²) in [7, 11) is 0. The van der Waals surface area contributed by atoms with Gasteiger partial charge in [0.05, 0.1) is 5.56 Å². The molecule has 1 aromatic rings. The Labute approximate surface area is 224 Å². The van der Waals surface area contributed by atoms with Crippen molar-refractivity contribution in [2.75, 3.05) is 26.2 Å². The van der Waals surface area contributed by atoms with E-state index < -0.39 is 53.5 Å². The van der Waals surface area contributed by atoms with Crippen LogP contribution >= 0.6 is 0 Å². The number of piperazine rings is 1. The molecule has 1 fully saturated rings. The Morgan fingerprint density at radius 1 is 0.850 bits per heavy atom. The molecule has 0 N–H and O–H groups in total. The van der Waals surface area contributed by atoms with E-state index in [-0.39, 0.29) is 44.0 Å². The molecule has 1 aliphatic rings. The summed E-state index contributed by atoms with van der Waals surface area (Å²) in [6.45, 7) is 6.57. The van der Waals surface area contributed by atoms with Gasteiger partial charge in [-0.25, -0.2) is 9.59 Å². The lowest BCUT2D eigenvalue weighted by Crippen LogP contribution is -2.52. The lowest BCUT2D eigenvalue weighted by atomic mass is 10.1. The Hall–Kier alpha value is -2.91. The predicted octanol–water partition coefficient (Wildman–Crippen LogP) is 5.95. The summed E-state index contributed by atoms with van der Waals surface area (Å²) < 4.78 is 131. The third-order valence-corrected chi connectivity index (χ3v) is 5.49. The molecule has 0 radical (unpaired) electrons. The third-order valence-electron chi connectivity index (χ3n) is 5.49. The minimum Gasteiger partial charge on any atom is -0.476 e. The number of alkyl halides is 9. The number of nitrogens with zero attached hydrogens (tertiary/aromatic N) is 2. The van der Waals surface area contributed by atoms with Crippen molar-refractivity contribution in [2.45, 2.75) is 77.0 Å². The first-order chi connectivity index (χ1) is 17.9. The van der Waals surface area contributed by atoms with E-state index in [0.29, 0.717) is 11.0 Å². The zero-order valence-electron chi connectivity index (χ0n) is 22.2. The minimum absolute atomic E-state index is 0.0618. The molecule has 0 unspecified atom stereocenters. The van der Waals surface area contributed by atoms with Crippen molar-refractivity contribution in [3.63, 3.8) is 0 Å². The fraction of sp³-hybridized carbons (Fsp3) is 0.667. The molecule has 1 saturated heterocycles. The number of rotatable bonds is 6. The summed E-state index contributed by atoms with van der Waals surface area (Å²) in [4.78, 5) is 26.8. The van der Waals surface area contributed by atoms with Crippen LogP contribution in [-0.4, -0.2) is 77.7 Å². The second-order valence-corrected chi connectivity index (χ2v) is 10.5. The quantitative estimate of drug-likeness (QED) is 0.299. The second kappa shape index (κ2) is 11.5. The van der Waals surface area contributed by atoms with Gasteiger partial charge < -0.3 is 19.1 Å². The van der Waals surface area contributed by atoms with Crippen LogP contribution in [0.5, 0.6) is 5.75 Å². The molecule has 2 rings (SSSR count). The van der Waals surface area contributed by atoms with E-state index in [0.717, 1.165) is 12.1 Å². The van der Waals surface area contributed by atoms with E-state index in [4.69, 9.17) is 9.47 Å². The molecule has 0 aliphatic carbocycles. The van der Waals surface area contributed by atoms with E-state index >= 15 is 0 Å². The average Bonchev–Trinajstić information content (AvgIpc) is 2.75. The summed E-state index contributed by atoms with van der Waals surface area (Å²) in [6, 6.07) is 2.63. The Morgan fingerprint density at radius 2 is 1.38 bits per heavy atom. The monoisotopic (exact) mass is 596 g/mol. The van der Waals surface area contributed by atoms with Gasteiger partial charge in [0, 0.05) is 38.3 Å². The normalized spacial score (nSPS) is 16.2. The Kier molecular flexibility index (Phi) is 9.60. The molecular weight excluding hydrogens is 567 g/mol. The first-order valence-corrected chi connectivity index (χ1v) is 11.8. The van der Waals surface area contributed by atoms with Crippen molar-refractivity contribution in [3.05, 3.63) is 29.3 Å². The van der Waals surface area contributed by atoms with E-state index in [2.05, 4.69) is 4.74 Å². The highest BCUT2D eigenvalue weighted by Gasteiger charge is 2.60. The third kappa shape index (κ3) is 9.34. The molecule has 0 saturated carbocycles. The number of halogens is 9. The topological polar surface area (TPSA) is 68.3 Å². The number of carbonyl (C=O) groups is 2. The summed E-state index contributed by atoms with van der Waals surface area (Å²) >= 11 is 0. The van der Waals surface area contributed by atoms with Crippen molar-refractivity contribution in [3.8, 4) is 5.75 Å². The van der Waals surface area contributed by atoms with Gasteiger partial charge in [0.1, 0.15) is 11.4 Å². The van der Waals surface area contributed by atoms with E-state index in [9.17, 15) is 49.1 Å². The van der Waals surface area contributed by atoms with Crippen molar-refractivity contribution in [1.82, 2.24) is 9.80 Å². The highest BCUT2D eigenvalue weighted by molar-refractivity contribution is 5.79. The van der Waals surface area contributed by atoms with Crippen LogP contribution < -0.4 is 4.74 Å². The maximum atomic E-state index is 13.4. The molecule has 7 nitrogen and oxygen atoms in total. The van der Waals surface area contributed by atoms with Gasteiger partial charge in [-0.1, -0.05) is 6.07 Å². The number of benzene rings is 1. The van der Waals surface area contributed by atoms with Crippen LogP contribution in [0.15, 0.2) is 18.2 Å². The molecule has 1 aromatic carbocycles. The Balaban J connectivity index is 2.17. The van der Waals surface area contributed by atoms with Crippen molar-refractivity contribution in [2.24, 2.45) is 0 Å². The van der Waals surface area contributed by atoms with Crippen LogP contribution in [0.4, 0.5) is 44.3 Å². The first-order valence-electron chi connectivity index (χ1n) is 11.8. The van der Waals surface area contributed by atoms with E-state index in [1.165, 1.54) is 13.8 Å². The van der Waals surface area contributed by atoms with Crippen LogP contribution in [-0.2, 0) is 27.0 Å². The molecule has 0 aromatic heterocycles. The standard InChI is InChI=1S/C24H29F9N2O5/c1-20(2,3)40-18(36)21(4,5)39-16-12-15(22(25,26)27)7-6-14(16)13-34-8-10-35(11-9-34)19(37)38-17(23(28,29)30)24(31,32)33/h6-7,12,17H,8-11,13H2,1-5H3. The fourth-order valence-electron chi connectivity index (χ4n) is 3.50. The zero-order valence-corrected chi connectivity index (χ0v) is 22.2. The molecule has 16 heteroatoms. The number of carbonyl (C=O) groups excluding carboxylic acids is 2. The van der Waals surface area contributed by atoms with E-state index in [1.807, 2.05) is 0 Å². The van der Waals surface area contributed by atoms with Gasteiger partial charge in [-0.3, -0.25) is 4.90 Å². The number of hydrogen-bond acceptors (Lipinski definition) is 6. The van der Waals surface area contributed by atoms with Crippen LogP contribution in [0.1, 0.15) is 45.7 Å². The summed E-state index contributed by atoms with van der Waals surface area (Å²) in [5.41, 5.74) is -3.46. The van der Waals surface area contributed by atoms with Crippen molar-refractivity contribution in [1.29, 1.82) is 0 Å². The molecular formula is C24H29F9N2O5. The van der Waals surface area contributed by atoms with Gasteiger partial charge in [0.25, 0.3) is 6.10 Å². The lowest BCUT2D eigenvalue weighted by molar-refractivity contribution is -0.308. The molecule has 0 bridgehead atoms. The minimum atomic E-state index is -5.86. The van der Waals surface area contributed by atoms with Gasteiger partial charge in [-0.05, 0) is 46.8 Å². The smallest absolute Gasteiger partial charge is 0.434 e. The summed E-state index contributed by atoms with van der Waals surface area (Å²) in [6.07, 6.45) is -22.5. The SMILES string of the molecule is CC(C)(C)OC(=O)C(C)(C)Oc1cc(C(F)(F)F)ccc1CN1CCN(C(=O)OC(C(F)(F)F)C(F)(F)F)CC1. The maximum absolute atomic E-state index is 13.4. The maximum Gasteiger partial charge on any atom is 0.434 e. The number of amides is 1. The largest absolute Gasteiger partial charge is 0.476 e. The van der Waals surface area contributed by atoms with Crippen LogP contribution in [0.3, 0.4) is 0 Å². The van der Waals surface area contributed by atoms with Crippen LogP contribution in [0, 0.1) is 0 Å². The molecule has 0 atom stereocenters. The highest BCUT2D eigenvalue weighted by atomic mass is 19.4.